The van der Waals surface area contributed by atoms with Crippen molar-refractivity contribution in [2.45, 2.75) is 6.61 Å². The summed E-state index contributed by atoms with van der Waals surface area (Å²) >= 11 is 2.84. The average molecular weight is 519 g/mol. The lowest BCUT2D eigenvalue weighted by Crippen LogP contribution is -1.97. The van der Waals surface area contributed by atoms with Gasteiger partial charge in [0.2, 0.25) is 4.96 Å². The fourth-order valence-electron chi connectivity index (χ4n) is 3.61. The Bertz CT molecular complexity index is 1700. The first-order valence-corrected chi connectivity index (χ1v) is 12.3. The Labute approximate surface area is 212 Å². The highest BCUT2D eigenvalue weighted by molar-refractivity contribution is 7.18. The summed E-state index contributed by atoms with van der Waals surface area (Å²) in [5, 5.41) is 8.47. The van der Waals surface area contributed by atoms with Crippen LogP contribution < -0.4 is 14.2 Å². The maximum Gasteiger partial charge on any atom is 0.294 e. The number of methoxy groups -OCH3 is 2. The zero-order chi connectivity index (χ0) is 24.6. The molecule has 36 heavy (non-hydrogen) atoms. The van der Waals surface area contributed by atoms with Gasteiger partial charge in [-0.2, -0.15) is 4.52 Å². The number of ether oxygens (including phenoxy) is 3. The SMILES string of the molecule is C=C(c1cncnc1)c1nc(COc2cc(OC)cc3oc(-c4cnc5sc(OC)nn45)cc23)cs1. The van der Waals surface area contributed by atoms with Gasteiger partial charge in [0.15, 0.2) is 5.76 Å². The van der Waals surface area contributed by atoms with Crippen molar-refractivity contribution in [3.05, 3.63) is 71.3 Å². The van der Waals surface area contributed by atoms with E-state index in [0.717, 1.165) is 27.2 Å². The van der Waals surface area contributed by atoms with Gasteiger partial charge >= 0.3 is 0 Å². The molecule has 0 spiro atoms. The second-order valence-electron chi connectivity index (χ2n) is 7.60. The molecule has 1 aromatic carbocycles. The highest BCUT2D eigenvalue weighted by atomic mass is 32.1. The minimum Gasteiger partial charge on any atom is -0.496 e. The molecule has 0 N–H and O–H groups in total. The molecule has 0 saturated heterocycles. The largest absolute Gasteiger partial charge is 0.496 e. The molecule has 0 aliphatic carbocycles. The molecule has 0 unspecified atom stereocenters. The lowest BCUT2D eigenvalue weighted by molar-refractivity contribution is 0.303. The molecule has 0 aliphatic rings. The van der Waals surface area contributed by atoms with Crippen molar-refractivity contribution < 1.29 is 18.6 Å². The molecule has 6 rings (SSSR count). The van der Waals surface area contributed by atoms with Crippen molar-refractivity contribution >= 4 is 44.2 Å². The normalized spacial score (nSPS) is 11.3. The number of aromatic nitrogens is 6. The summed E-state index contributed by atoms with van der Waals surface area (Å²) in [7, 11) is 3.18. The predicted molar refractivity (Wildman–Crippen MR) is 136 cm³/mol. The summed E-state index contributed by atoms with van der Waals surface area (Å²) in [5.41, 5.74) is 3.69. The number of benzene rings is 1. The van der Waals surface area contributed by atoms with E-state index in [4.69, 9.17) is 18.6 Å². The molecular weight excluding hydrogens is 500 g/mol. The second-order valence-corrected chi connectivity index (χ2v) is 9.37. The fraction of sp³-hybridized carbons (Fsp3) is 0.125. The molecule has 12 heteroatoms. The van der Waals surface area contributed by atoms with Gasteiger partial charge in [-0.25, -0.2) is 19.9 Å². The Morgan fingerprint density at radius 1 is 1.11 bits per heavy atom. The van der Waals surface area contributed by atoms with Gasteiger partial charge in [0, 0.05) is 41.0 Å². The number of furan rings is 1. The van der Waals surface area contributed by atoms with Crippen LogP contribution in [0.25, 0.3) is 33.0 Å². The summed E-state index contributed by atoms with van der Waals surface area (Å²) in [6, 6.07) is 5.55. The molecule has 0 bridgehead atoms. The summed E-state index contributed by atoms with van der Waals surface area (Å²) in [6.45, 7) is 4.39. The van der Waals surface area contributed by atoms with Crippen molar-refractivity contribution in [1.82, 2.24) is 29.5 Å². The van der Waals surface area contributed by atoms with E-state index in [-0.39, 0.29) is 6.61 Å². The van der Waals surface area contributed by atoms with E-state index in [1.54, 1.807) is 37.3 Å². The van der Waals surface area contributed by atoms with E-state index in [2.05, 4.69) is 31.6 Å². The van der Waals surface area contributed by atoms with Crippen molar-refractivity contribution in [1.29, 1.82) is 0 Å². The van der Waals surface area contributed by atoms with Crippen molar-refractivity contribution in [3.63, 3.8) is 0 Å². The van der Waals surface area contributed by atoms with Crippen LogP contribution in [-0.4, -0.2) is 43.8 Å². The topological polar surface area (TPSA) is 110 Å². The summed E-state index contributed by atoms with van der Waals surface area (Å²) in [5.74, 6) is 1.82. The molecule has 10 nitrogen and oxygen atoms in total. The van der Waals surface area contributed by atoms with Crippen LogP contribution >= 0.6 is 22.7 Å². The Hall–Kier alpha value is -4.29. The van der Waals surface area contributed by atoms with E-state index >= 15 is 0 Å². The van der Waals surface area contributed by atoms with Gasteiger partial charge in [-0.05, 0) is 17.4 Å². The molecule has 180 valence electrons. The van der Waals surface area contributed by atoms with Crippen LogP contribution in [0.1, 0.15) is 16.3 Å². The second kappa shape index (κ2) is 9.06. The van der Waals surface area contributed by atoms with Crippen molar-refractivity contribution in [2.75, 3.05) is 14.2 Å². The number of imidazole rings is 1. The molecule has 0 fully saturated rings. The summed E-state index contributed by atoms with van der Waals surface area (Å²) in [4.78, 5) is 17.9. The quantitative estimate of drug-likeness (QED) is 0.271. The first-order valence-electron chi connectivity index (χ1n) is 10.7. The molecular formula is C24H18N6O4S2. The smallest absolute Gasteiger partial charge is 0.294 e. The minimum absolute atomic E-state index is 0.262. The Morgan fingerprint density at radius 2 is 1.97 bits per heavy atom. The molecule has 0 saturated carbocycles. The number of hydrogen-bond acceptors (Lipinski definition) is 11. The highest BCUT2D eigenvalue weighted by Gasteiger charge is 2.19. The van der Waals surface area contributed by atoms with Crippen molar-refractivity contribution in [3.8, 4) is 28.1 Å². The standard InChI is InChI=1S/C24H18N6O4S2/c1-13(14-7-25-12-26-8-14)22-28-15(11-35-22)10-33-19-4-16(31-2)5-20-17(19)6-21(34-20)18-9-27-23-30(18)29-24(32-3)36-23/h4-9,11-12H,1,10H2,2-3H3. The summed E-state index contributed by atoms with van der Waals surface area (Å²) in [6.07, 6.45) is 6.63. The lowest BCUT2D eigenvalue weighted by Gasteiger charge is -2.08. The number of hydrogen-bond donors (Lipinski definition) is 0. The zero-order valence-corrected chi connectivity index (χ0v) is 20.8. The van der Waals surface area contributed by atoms with Gasteiger partial charge in [-0.1, -0.05) is 6.58 Å². The molecule has 0 radical (unpaired) electrons. The average Bonchev–Trinajstić information content (AvgIpc) is 3.70. The van der Waals surface area contributed by atoms with E-state index in [1.807, 2.05) is 23.6 Å². The maximum absolute atomic E-state index is 6.18. The van der Waals surface area contributed by atoms with Crippen molar-refractivity contribution in [2.24, 2.45) is 0 Å². The highest BCUT2D eigenvalue weighted by Crippen LogP contribution is 2.38. The van der Waals surface area contributed by atoms with Crippen LogP contribution in [-0.2, 0) is 6.61 Å². The monoisotopic (exact) mass is 518 g/mol. The Balaban J connectivity index is 1.29. The third-order valence-corrected chi connectivity index (χ3v) is 7.23. The van der Waals surface area contributed by atoms with Crippen LogP contribution in [0.4, 0.5) is 0 Å². The number of rotatable bonds is 8. The predicted octanol–water partition coefficient (Wildman–Crippen LogP) is 5.11. The van der Waals surface area contributed by atoms with Gasteiger partial charge in [0.25, 0.3) is 5.19 Å². The number of thiazole rings is 1. The molecule has 5 heterocycles. The van der Waals surface area contributed by atoms with Gasteiger partial charge in [0.05, 0.1) is 31.5 Å². The van der Waals surface area contributed by atoms with Gasteiger partial charge in [-0.15, -0.1) is 16.4 Å². The lowest BCUT2D eigenvalue weighted by atomic mass is 10.2. The van der Waals surface area contributed by atoms with Crippen LogP contribution in [0.15, 0.2) is 59.5 Å². The minimum atomic E-state index is 0.262. The molecule has 0 amide bonds. The van der Waals surface area contributed by atoms with E-state index in [0.29, 0.717) is 38.7 Å². The van der Waals surface area contributed by atoms with Crippen LogP contribution in [0.5, 0.6) is 16.7 Å². The van der Waals surface area contributed by atoms with Crippen LogP contribution in [0.3, 0.4) is 0 Å². The zero-order valence-electron chi connectivity index (χ0n) is 19.2. The molecule has 5 aromatic heterocycles. The van der Waals surface area contributed by atoms with Gasteiger partial charge in [-0.3, -0.25) is 0 Å². The maximum atomic E-state index is 6.18. The van der Waals surface area contributed by atoms with E-state index < -0.39 is 0 Å². The number of fused-ring (bicyclic) bond motifs is 2. The molecule has 0 aliphatic heterocycles. The third-order valence-electron chi connectivity index (χ3n) is 5.40. The molecule has 6 aromatic rings. The van der Waals surface area contributed by atoms with Gasteiger partial charge in [0.1, 0.15) is 40.7 Å². The third kappa shape index (κ3) is 3.95. The van der Waals surface area contributed by atoms with E-state index in [9.17, 15) is 0 Å². The van der Waals surface area contributed by atoms with Crippen LogP contribution in [0.2, 0.25) is 0 Å². The van der Waals surface area contributed by atoms with Crippen LogP contribution in [0, 0.1) is 0 Å². The molecule has 0 atom stereocenters. The first-order chi connectivity index (χ1) is 17.6. The fourth-order valence-corrected chi connectivity index (χ4v) is 5.11. The first kappa shape index (κ1) is 22.2. The Kier molecular flexibility index (Phi) is 5.58. The Morgan fingerprint density at radius 3 is 2.78 bits per heavy atom. The summed E-state index contributed by atoms with van der Waals surface area (Å²) < 4.78 is 24.7. The van der Waals surface area contributed by atoms with E-state index in [1.165, 1.54) is 29.0 Å². The number of nitrogens with zero attached hydrogens (tertiary/aromatic N) is 6. The van der Waals surface area contributed by atoms with Gasteiger partial charge < -0.3 is 18.6 Å².